The summed E-state index contributed by atoms with van der Waals surface area (Å²) in [5, 5.41) is 2.79. The first-order chi connectivity index (χ1) is 13.0. The van der Waals surface area contributed by atoms with Gasteiger partial charge in [0.15, 0.2) is 0 Å². The number of fused-ring (bicyclic) bond motifs is 2. The van der Waals surface area contributed by atoms with E-state index in [4.69, 9.17) is 0 Å². The number of carbonyl (C=O) groups is 3. The number of pyridine rings is 1. The Kier molecular flexibility index (Phi) is 4.19. The van der Waals surface area contributed by atoms with Crippen molar-refractivity contribution >= 4 is 23.4 Å². The van der Waals surface area contributed by atoms with Crippen molar-refractivity contribution in [3.8, 4) is 0 Å². The Hall–Kier alpha value is -3.48. The molecule has 2 aromatic heterocycles. The van der Waals surface area contributed by atoms with E-state index >= 15 is 0 Å². The molecule has 27 heavy (non-hydrogen) atoms. The van der Waals surface area contributed by atoms with Crippen LogP contribution in [0.3, 0.4) is 0 Å². The SMILES string of the molecule is Cc1ccc2nc(CNC(=O)CCN3C(=O)c4ccccc4C3=O)cn2c1. The van der Waals surface area contributed by atoms with Crippen LogP contribution in [0.4, 0.5) is 0 Å². The lowest BCUT2D eigenvalue weighted by atomic mass is 10.1. The van der Waals surface area contributed by atoms with Crippen molar-refractivity contribution in [1.29, 1.82) is 0 Å². The fourth-order valence-corrected chi connectivity index (χ4v) is 3.17. The summed E-state index contributed by atoms with van der Waals surface area (Å²) in [6, 6.07) is 10.6. The molecule has 0 unspecified atom stereocenters. The molecule has 3 aromatic rings. The molecule has 1 aliphatic heterocycles. The largest absolute Gasteiger partial charge is 0.350 e. The number of amides is 3. The number of hydrogen-bond acceptors (Lipinski definition) is 4. The van der Waals surface area contributed by atoms with Gasteiger partial charge < -0.3 is 9.72 Å². The van der Waals surface area contributed by atoms with E-state index in [2.05, 4.69) is 10.3 Å². The second-order valence-electron chi connectivity index (χ2n) is 6.54. The lowest BCUT2D eigenvalue weighted by molar-refractivity contribution is -0.121. The third-order valence-electron chi connectivity index (χ3n) is 4.56. The molecular weight excluding hydrogens is 344 g/mol. The molecule has 0 radical (unpaired) electrons. The topological polar surface area (TPSA) is 83.8 Å². The number of rotatable bonds is 5. The maximum atomic E-state index is 12.3. The molecule has 0 aliphatic carbocycles. The van der Waals surface area contributed by atoms with E-state index in [1.807, 2.05) is 35.9 Å². The Balaban J connectivity index is 1.33. The predicted octanol–water partition coefficient (Wildman–Crippen LogP) is 1.95. The van der Waals surface area contributed by atoms with Gasteiger partial charge in [0.25, 0.3) is 11.8 Å². The third kappa shape index (κ3) is 3.19. The Morgan fingerprint density at radius 3 is 2.44 bits per heavy atom. The Morgan fingerprint density at radius 1 is 1.04 bits per heavy atom. The van der Waals surface area contributed by atoms with Crippen LogP contribution in [0.1, 0.15) is 38.4 Å². The van der Waals surface area contributed by atoms with Crippen molar-refractivity contribution in [3.05, 3.63) is 71.2 Å². The molecule has 1 N–H and O–H groups in total. The summed E-state index contributed by atoms with van der Waals surface area (Å²) < 4.78 is 1.91. The Bertz CT molecular complexity index is 1040. The van der Waals surface area contributed by atoms with E-state index in [-0.39, 0.29) is 30.7 Å². The maximum absolute atomic E-state index is 12.3. The quantitative estimate of drug-likeness (QED) is 0.703. The summed E-state index contributed by atoms with van der Waals surface area (Å²) in [5.74, 6) is -0.932. The number of hydrogen-bond donors (Lipinski definition) is 1. The molecule has 1 aromatic carbocycles. The smallest absolute Gasteiger partial charge is 0.261 e. The molecule has 3 heterocycles. The summed E-state index contributed by atoms with van der Waals surface area (Å²) >= 11 is 0. The normalized spacial score (nSPS) is 13.3. The summed E-state index contributed by atoms with van der Waals surface area (Å²) in [4.78, 5) is 42.3. The number of imide groups is 1. The first-order valence-corrected chi connectivity index (χ1v) is 8.69. The summed E-state index contributed by atoms with van der Waals surface area (Å²) in [6.07, 6.45) is 3.89. The van der Waals surface area contributed by atoms with Gasteiger partial charge in [0.05, 0.1) is 23.4 Å². The minimum Gasteiger partial charge on any atom is -0.350 e. The molecule has 7 heteroatoms. The van der Waals surface area contributed by atoms with Crippen LogP contribution in [-0.2, 0) is 11.3 Å². The van der Waals surface area contributed by atoms with Crippen LogP contribution in [-0.4, -0.2) is 38.6 Å². The highest BCUT2D eigenvalue weighted by molar-refractivity contribution is 6.21. The van der Waals surface area contributed by atoms with Crippen LogP contribution in [0.15, 0.2) is 48.8 Å². The van der Waals surface area contributed by atoms with Gasteiger partial charge in [-0.1, -0.05) is 18.2 Å². The van der Waals surface area contributed by atoms with Crippen molar-refractivity contribution in [1.82, 2.24) is 19.6 Å². The lowest BCUT2D eigenvalue weighted by Crippen LogP contribution is -2.34. The number of aromatic nitrogens is 2. The van der Waals surface area contributed by atoms with Crippen LogP contribution in [0.2, 0.25) is 0 Å². The van der Waals surface area contributed by atoms with Gasteiger partial charge >= 0.3 is 0 Å². The molecule has 1 aliphatic rings. The zero-order chi connectivity index (χ0) is 19.0. The zero-order valence-corrected chi connectivity index (χ0v) is 14.8. The molecule has 0 saturated heterocycles. The van der Waals surface area contributed by atoms with Gasteiger partial charge in [0, 0.05) is 25.4 Å². The van der Waals surface area contributed by atoms with E-state index in [0.717, 1.165) is 21.8 Å². The third-order valence-corrected chi connectivity index (χ3v) is 4.56. The Morgan fingerprint density at radius 2 is 1.74 bits per heavy atom. The first kappa shape index (κ1) is 17.0. The van der Waals surface area contributed by atoms with Crippen LogP contribution in [0.5, 0.6) is 0 Å². The molecule has 4 rings (SSSR count). The highest BCUT2D eigenvalue weighted by atomic mass is 16.2. The van der Waals surface area contributed by atoms with Gasteiger partial charge in [-0.3, -0.25) is 19.3 Å². The number of imidazole rings is 1. The molecule has 7 nitrogen and oxygen atoms in total. The molecule has 136 valence electrons. The van der Waals surface area contributed by atoms with Gasteiger partial charge in [-0.25, -0.2) is 4.98 Å². The molecule has 0 spiro atoms. The fraction of sp³-hybridized carbons (Fsp3) is 0.200. The molecule has 0 bridgehead atoms. The van der Waals surface area contributed by atoms with Crippen molar-refractivity contribution in [2.75, 3.05) is 6.54 Å². The van der Waals surface area contributed by atoms with E-state index in [9.17, 15) is 14.4 Å². The number of carbonyl (C=O) groups excluding carboxylic acids is 3. The van der Waals surface area contributed by atoms with Gasteiger partial charge in [0.2, 0.25) is 5.91 Å². The minimum absolute atomic E-state index is 0.0535. The number of nitrogens with one attached hydrogen (secondary N) is 1. The predicted molar refractivity (Wildman–Crippen MR) is 98.2 cm³/mol. The first-order valence-electron chi connectivity index (χ1n) is 8.69. The van der Waals surface area contributed by atoms with E-state index in [1.165, 1.54) is 0 Å². The van der Waals surface area contributed by atoms with Gasteiger partial charge in [0.1, 0.15) is 5.65 Å². The van der Waals surface area contributed by atoms with Crippen LogP contribution < -0.4 is 5.32 Å². The molecule has 0 saturated carbocycles. The summed E-state index contributed by atoms with van der Waals surface area (Å²) in [6.45, 7) is 2.35. The van der Waals surface area contributed by atoms with Crippen molar-refractivity contribution in [2.24, 2.45) is 0 Å². The summed E-state index contributed by atoms with van der Waals surface area (Å²) in [7, 11) is 0. The highest BCUT2D eigenvalue weighted by Gasteiger charge is 2.34. The average Bonchev–Trinajstić information content (AvgIpc) is 3.17. The summed E-state index contributed by atoms with van der Waals surface area (Å²) in [5.41, 5.74) is 3.47. The van der Waals surface area contributed by atoms with Crippen molar-refractivity contribution < 1.29 is 14.4 Å². The van der Waals surface area contributed by atoms with Gasteiger partial charge in [-0.05, 0) is 30.7 Å². The molecular formula is C20H18N4O3. The molecule has 0 atom stereocenters. The lowest BCUT2D eigenvalue weighted by Gasteiger charge is -2.13. The average molecular weight is 362 g/mol. The second kappa shape index (κ2) is 6.68. The van der Waals surface area contributed by atoms with Gasteiger partial charge in [-0.2, -0.15) is 0 Å². The molecule has 0 fully saturated rings. The number of aryl methyl sites for hydroxylation is 1. The second-order valence-corrected chi connectivity index (χ2v) is 6.54. The minimum atomic E-state index is -0.348. The van der Waals surface area contributed by atoms with Crippen LogP contribution in [0, 0.1) is 6.92 Å². The molecule has 3 amide bonds. The highest BCUT2D eigenvalue weighted by Crippen LogP contribution is 2.22. The number of nitrogens with zero attached hydrogens (tertiary/aromatic N) is 3. The van der Waals surface area contributed by atoms with Crippen molar-refractivity contribution in [3.63, 3.8) is 0 Å². The fourth-order valence-electron chi connectivity index (χ4n) is 3.17. The standard InChI is InChI=1S/C20H18N4O3/c1-13-6-7-17-22-14(12-23(17)11-13)10-21-18(25)8-9-24-19(26)15-4-2-3-5-16(15)20(24)27/h2-7,11-12H,8-10H2,1H3,(H,21,25). The van der Waals surface area contributed by atoms with Crippen molar-refractivity contribution in [2.45, 2.75) is 19.9 Å². The Labute approximate surface area is 155 Å². The van der Waals surface area contributed by atoms with E-state index < -0.39 is 0 Å². The van der Waals surface area contributed by atoms with Crippen LogP contribution in [0.25, 0.3) is 5.65 Å². The maximum Gasteiger partial charge on any atom is 0.261 e. The van der Waals surface area contributed by atoms with Gasteiger partial charge in [-0.15, -0.1) is 0 Å². The number of benzene rings is 1. The monoisotopic (exact) mass is 362 g/mol. The zero-order valence-electron chi connectivity index (χ0n) is 14.8. The van der Waals surface area contributed by atoms with E-state index in [1.54, 1.807) is 24.3 Å². The van der Waals surface area contributed by atoms with Crippen LogP contribution >= 0.6 is 0 Å². The van der Waals surface area contributed by atoms with E-state index in [0.29, 0.717) is 17.7 Å².